The molecule has 1 aromatic heterocycles. The SMILES string of the molecule is CCC(=O)Nc1ccc(-c2cnc3ccccc3n2)cc1. The van der Waals surface area contributed by atoms with Gasteiger partial charge in [0.25, 0.3) is 0 Å². The molecular weight excluding hydrogens is 262 g/mol. The van der Waals surface area contributed by atoms with E-state index in [0.717, 1.165) is 28.0 Å². The first-order valence-electron chi connectivity index (χ1n) is 6.88. The number of hydrogen-bond acceptors (Lipinski definition) is 3. The average molecular weight is 277 g/mol. The second-order valence-electron chi connectivity index (χ2n) is 4.72. The third-order valence-corrected chi connectivity index (χ3v) is 3.23. The maximum absolute atomic E-state index is 11.3. The second kappa shape index (κ2) is 5.71. The molecule has 0 aliphatic heterocycles. The molecule has 21 heavy (non-hydrogen) atoms. The van der Waals surface area contributed by atoms with Crippen LogP contribution in [0.25, 0.3) is 22.3 Å². The highest BCUT2D eigenvalue weighted by Gasteiger charge is 2.03. The molecule has 1 heterocycles. The summed E-state index contributed by atoms with van der Waals surface area (Å²) in [4.78, 5) is 20.4. The molecule has 104 valence electrons. The zero-order valence-corrected chi connectivity index (χ0v) is 11.7. The van der Waals surface area contributed by atoms with Gasteiger partial charge in [-0.25, -0.2) is 4.98 Å². The van der Waals surface area contributed by atoms with Gasteiger partial charge in [-0.05, 0) is 24.3 Å². The molecule has 0 radical (unpaired) electrons. The van der Waals surface area contributed by atoms with E-state index in [9.17, 15) is 4.79 Å². The fourth-order valence-corrected chi connectivity index (χ4v) is 2.07. The Labute approximate surface area is 122 Å². The third kappa shape index (κ3) is 2.89. The Kier molecular flexibility index (Phi) is 3.60. The van der Waals surface area contributed by atoms with Gasteiger partial charge in [0.2, 0.25) is 5.91 Å². The van der Waals surface area contributed by atoms with E-state index in [4.69, 9.17) is 0 Å². The van der Waals surface area contributed by atoms with E-state index in [1.807, 2.05) is 55.5 Å². The Morgan fingerprint density at radius 1 is 1.05 bits per heavy atom. The predicted molar refractivity (Wildman–Crippen MR) is 83.9 cm³/mol. The van der Waals surface area contributed by atoms with Gasteiger partial charge in [-0.2, -0.15) is 0 Å². The summed E-state index contributed by atoms with van der Waals surface area (Å²) in [5.41, 5.74) is 4.34. The van der Waals surface area contributed by atoms with Crippen molar-refractivity contribution in [1.82, 2.24) is 9.97 Å². The summed E-state index contributed by atoms with van der Waals surface area (Å²) in [6.45, 7) is 1.83. The number of fused-ring (bicyclic) bond motifs is 1. The predicted octanol–water partition coefficient (Wildman–Crippen LogP) is 3.65. The van der Waals surface area contributed by atoms with Crippen molar-refractivity contribution in [2.24, 2.45) is 0 Å². The summed E-state index contributed by atoms with van der Waals surface area (Å²) in [7, 11) is 0. The molecule has 3 aromatic rings. The minimum absolute atomic E-state index is 0.00764. The number of amides is 1. The lowest BCUT2D eigenvalue weighted by Crippen LogP contribution is -2.09. The summed E-state index contributed by atoms with van der Waals surface area (Å²) >= 11 is 0. The Bertz CT molecular complexity index is 781. The van der Waals surface area contributed by atoms with E-state index in [1.54, 1.807) is 6.20 Å². The number of carbonyl (C=O) groups is 1. The molecule has 1 N–H and O–H groups in total. The van der Waals surface area contributed by atoms with Crippen LogP contribution < -0.4 is 5.32 Å². The summed E-state index contributed by atoms with van der Waals surface area (Å²) in [6, 6.07) is 15.4. The lowest BCUT2D eigenvalue weighted by Gasteiger charge is -2.06. The van der Waals surface area contributed by atoms with Crippen LogP contribution in [0.3, 0.4) is 0 Å². The van der Waals surface area contributed by atoms with Gasteiger partial charge < -0.3 is 5.32 Å². The molecule has 0 saturated heterocycles. The van der Waals surface area contributed by atoms with Gasteiger partial charge in [0.1, 0.15) is 0 Å². The highest BCUT2D eigenvalue weighted by atomic mass is 16.1. The Morgan fingerprint density at radius 3 is 2.48 bits per heavy atom. The molecule has 0 atom stereocenters. The van der Waals surface area contributed by atoms with Crippen molar-refractivity contribution < 1.29 is 4.79 Å². The Balaban J connectivity index is 1.90. The van der Waals surface area contributed by atoms with E-state index < -0.39 is 0 Å². The largest absolute Gasteiger partial charge is 0.326 e. The lowest BCUT2D eigenvalue weighted by molar-refractivity contribution is -0.115. The lowest BCUT2D eigenvalue weighted by atomic mass is 10.1. The molecule has 1 amide bonds. The first-order valence-corrected chi connectivity index (χ1v) is 6.88. The number of anilines is 1. The van der Waals surface area contributed by atoms with Gasteiger partial charge in [0.15, 0.2) is 0 Å². The minimum Gasteiger partial charge on any atom is -0.326 e. The number of hydrogen-bond donors (Lipinski definition) is 1. The second-order valence-corrected chi connectivity index (χ2v) is 4.72. The molecular formula is C17H15N3O. The van der Waals surface area contributed by atoms with Gasteiger partial charge in [0, 0.05) is 17.7 Å². The van der Waals surface area contributed by atoms with E-state index in [-0.39, 0.29) is 5.91 Å². The van der Waals surface area contributed by atoms with Gasteiger partial charge in [-0.1, -0.05) is 31.2 Å². The topological polar surface area (TPSA) is 54.9 Å². The highest BCUT2D eigenvalue weighted by Crippen LogP contribution is 2.21. The number of aromatic nitrogens is 2. The van der Waals surface area contributed by atoms with E-state index in [1.165, 1.54) is 0 Å². The zero-order chi connectivity index (χ0) is 14.7. The van der Waals surface area contributed by atoms with Gasteiger partial charge in [-0.3, -0.25) is 9.78 Å². The number of carbonyl (C=O) groups excluding carboxylic acids is 1. The van der Waals surface area contributed by atoms with E-state index in [0.29, 0.717) is 6.42 Å². The van der Waals surface area contributed by atoms with Crippen molar-refractivity contribution >= 4 is 22.6 Å². The molecule has 2 aromatic carbocycles. The van der Waals surface area contributed by atoms with Crippen LogP contribution in [0, 0.1) is 0 Å². The number of benzene rings is 2. The molecule has 0 unspecified atom stereocenters. The number of nitrogens with one attached hydrogen (secondary N) is 1. The molecule has 0 fully saturated rings. The Hall–Kier alpha value is -2.75. The maximum atomic E-state index is 11.3. The minimum atomic E-state index is 0.00764. The number of rotatable bonds is 3. The third-order valence-electron chi connectivity index (χ3n) is 3.23. The summed E-state index contributed by atoms with van der Waals surface area (Å²) in [5, 5.41) is 2.82. The summed E-state index contributed by atoms with van der Waals surface area (Å²) < 4.78 is 0. The van der Waals surface area contributed by atoms with Crippen molar-refractivity contribution in [3.8, 4) is 11.3 Å². The van der Waals surface area contributed by atoms with Crippen LogP contribution in [0.5, 0.6) is 0 Å². The van der Waals surface area contributed by atoms with Crippen LogP contribution in [0.4, 0.5) is 5.69 Å². The zero-order valence-electron chi connectivity index (χ0n) is 11.7. The van der Waals surface area contributed by atoms with Crippen LogP contribution in [0.15, 0.2) is 54.7 Å². The van der Waals surface area contributed by atoms with Crippen molar-refractivity contribution in [3.63, 3.8) is 0 Å². The summed E-state index contributed by atoms with van der Waals surface area (Å²) in [6.07, 6.45) is 2.24. The number of para-hydroxylation sites is 2. The molecule has 4 heteroatoms. The molecule has 0 spiro atoms. The first-order chi connectivity index (χ1) is 10.3. The van der Waals surface area contributed by atoms with E-state index in [2.05, 4.69) is 15.3 Å². The van der Waals surface area contributed by atoms with Crippen molar-refractivity contribution in [2.75, 3.05) is 5.32 Å². The highest BCUT2D eigenvalue weighted by molar-refractivity contribution is 5.90. The van der Waals surface area contributed by atoms with Crippen molar-refractivity contribution in [1.29, 1.82) is 0 Å². The molecule has 0 aliphatic carbocycles. The normalized spacial score (nSPS) is 10.5. The average Bonchev–Trinajstić information content (AvgIpc) is 2.55. The van der Waals surface area contributed by atoms with Crippen LogP contribution in [-0.2, 0) is 4.79 Å². The fraction of sp³-hybridized carbons (Fsp3) is 0.118. The first kappa shape index (κ1) is 13.2. The van der Waals surface area contributed by atoms with Gasteiger partial charge in [0.05, 0.1) is 22.9 Å². The maximum Gasteiger partial charge on any atom is 0.224 e. The molecule has 3 rings (SSSR count). The standard InChI is InChI=1S/C17H15N3O/c1-2-17(21)19-13-9-7-12(8-10-13)16-11-18-14-5-3-4-6-15(14)20-16/h3-11H,2H2,1H3,(H,19,21). The quantitative estimate of drug-likeness (QED) is 0.795. The van der Waals surface area contributed by atoms with Gasteiger partial charge in [-0.15, -0.1) is 0 Å². The Morgan fingerprint density at radius 2 is 1.76 bits per heavy atom. The smallest absolute Gasteiger partial charge is 0.224 e. The number of nitrogens with zero attached hydrogens (tertiary/aromatic N) is 2. The van der Waals surface area contributed by atoms with Crippen LogP contribution in [0.2, 0.25) is 0 Å². The molecule has 0 bridgehead atoms. The summed E-state index contributed by atoms with van der Waals surface area (Å²) in [5.74, 6) is 0.00764. The van der Waals surface area contributed by atoms with Crippen LogP contribution in [-0.4, -0.2) is 15.9 Å². The monoisotopic (exact) mass is 277 g/mol. The van der Waals surface area contributed by atoms with Crippen molar-refractivity contribution in [2.45, 2.75) is 13.3 Å². The van der Waals surface area contributed by atoms with E-state index >= 15 is 0 Å². The van der Waals surface area contributed by atoms with Crippen molar-refractivity contribution in [3.05, 3.63) is 54.7 Å². The van der Waals surface area contributed by atoms with Crippen LogP contribution in [0.1, 0.15) is 13.3 Å². The molecule has 0 saturated carbocycles. The fourth-order valence-electron chi connectivity index (χ4n) is 2.07. The van der Waals surface area contributed by atoms with Gasteiger partial charge >= 0.3 is 0 Å². The molecule has 0 aliphatic rings. The molecule has 4 nitrogen and oxygen atoms in total. The van der Waals surface area contributed by atoms with Crippen LogP contribution >= 0.6 is 0 Å².